The van der Waals surface area contributed by atoms with Crippen molar-refractivity contribution < 1.29 is 76.4 Å². The van der Waals surface area contributed by atoms with Crippen molar-refractivity contribution >= 4 is 0 Å². The van der Waals surface area contributed by atoms with Crippen LogP contribution in [0.3, 0.4) is 0 Å². The van der Waals surface area contributed by atoms with Crippen molar-refractivity contribution in [1.29, 1.82) is 0 Å². The van der Waals surface area contributed by atoms with Crippen LogP contribution in [0.15, 0.2) is 0 Å². The molecule has 0 rings (SSSR count). The molecule has 0 saturated heterocycles. The maximum absolute atomic E-state index is 0. The van der Waals surface area contributed by atoms with E-state index in [9.17, 15) is 0 Å². The standard InChI is InChI=1S/Fe.Re.Rh.Ru. The van der Waals surface area contributed by atoms with Crippen molar-refractivity contribution in [3.8, 4) is 0 Å². The molecule has 0 N–H and O–H groups in total. The molecule has 4 heavy (non-hydrogen) atoms. The second-order valence-corrected chi connectivity index (χ2v) is 0. The third-order valence-electron chi connectivity index (χ3n) is 0. The fourth-order valence-corrected chi connectivity index (χ4v) is 0. The van der Waals surface area contributed by atoms with Gasteiger partial charge < -0.3 is 0 Å². The van der Waals surface area contributed by atoms with E-state index in [0.717, 1.165) is 0 Å². The third kappa shape index (κ3) is 8.83. The number of hydrogen-bond donors (Lipinski definition) is 0. The Morgan fingerprint density at radius 2 is 1.00 bits per heavy atom. The van der Waals surface area contributed by atoms with Crippen molar-refractivity contribution in [2.24, 2.45) is 0 Å². The van der Waals surface area contributed by atoms with Crippen LogP contribution in [0, 0.1) is 0 Å². The van der Waals surface area contributed by atoms with E-state index in [1.54, 1.807) is 0 Å². The summed E-state index contributed by atoms with van der Waals surface area (Å²) in [6.07, 6.45) is 0. The predicted molar refractivity (Wildman–Crippen MR) is 0 cm³/mol. The molecule has 0 aliphatic carbocycles. The van der Waals surface area contributed by atoms with Crippen molar-refractivity contribution in [2.45, 2.75) is 0 Å². The van der Waals surface area contributed by atoms with Gasteiger partial charge in [0, 0.05) is 76.4 Å². The molecule has 32 valence electrons. The van der Waals surface area contributed by atoms with Crippen LogP contribution in [0.2, 0.25) is 0 Å². The van der Waals surface area contributed by atoms with Gasteiger partial charge in [0.05, 0.1) is 0 Å². The fraction of sp³-hybridized carbons (Fsp3) is 0. The van der Waals surface area contributed by atoms with Crippen molar-refractivity contribution in [2.75, 3.05) is 0 Å². The molecule has 0 fully saturated rings. The van der Waals surface area contributed by atoms with E-state index in [1.807, 2.05) is 0 Å². The molecular weight excluding hydrogens is 446 g/mol. The summed E-state index contributed by atoms with van der Waals surface area (Å²) in [6.45, 7) is 0. The van der Waals surface area contributed by atoms with Gasteiger partial charge in [-0.15, -0.1) is 0 Å². The summed E-state index contributed by atoms with van der Waals surface area (Å²) in [5.41, 5.74) is 0. The summed E-state index contributed by atoms with van der Waals surface area (Å²) in [4.78, 5) is 0. The molecule has 0 aromatic carbocycles. The van der Waals surface area contributed by atoms with Crippen LogP contribution in [-0.2, 0) is 76.4 Å². The van der Waals surface area contributed by atoms with Crippen molar-refractivity contribution in [3.05, 3.63) is 0 Å². The third-order valence-corrected chi connectivity index (χ3v) is 0. The van der Waals surface area contributed by atoms with Gasteiger partial charge in [-0.25, -0.2) is 0 Å². The molecule has 0 unspecified atom stereocenters. The van der Waals surface area contributed by atoms with Crippen LogP contribution in [-0.4, -0.2) is 0 Å². The Balaban J connectivity index is 0. The molecule has 0 aromatic rings. The summed E-state index contributed by atoms with van der Waals surface area (Å²) in [6, 6.07) is 0. The van der Waals surface area contributed by atoms with E-state index in [-0.39, 0.29) is 76.4 Å². The summed E-state index contributed by atoms with van der Waals surface area (Å²) in [5.74, 6) is 0. The predicted octanol–water partition coefficient (Wildman–Crippen LogP) is -0.0100. The summed E-state index contributed by atoms with van der Waals surface area (Å²) in [7, 11) is 0. The second kappa shape index (κ2) is 18.1. The van der Waals surface area contributed by atoms with Gasteiger partial charge in [-0.1, -0.05) is 0 Å². The average Bonchev–Trinajstić information content (AvgIpc) is 0. The average molecular weight is 446 g/mol. The van der Waals surface area contributed by atoms with E-state index in [2.05, 4.69) is 0 Å². The SMILES string of the molecule is [Fe].[Re].[Rh].[Ru]. The molecule has 0 heterocycles. The van der Waals surface area contributed by atoms with Crippen LogP contribution >= 0.6 is 0 Å². The van der Waals surface area contributed by atoms with E-state index < -0.39 is 0 Å². The minimum Gasteiger partial charge on any atom is 0 e. The maximum atomic E-state index is 0. The Hall–Kier alpha value is 2.43. The first-order valence-corrected chi connectivity index (χ1v) is 0. The Morgan fingerprint density at radius 3 is 1.00 bits per heavy atom. The van der Waals surface area contributed by atoms with Crippen LogP contribution in [0.1, 0.15) is 0 Å². The Kier molecular flexibility index (Phi) is 145. The molecule has 0 amide bonds. The van der Waals surface area contributed by atoms with Gasteiger partial charge in [0.25, 0.3) is 0 Å². The molecule has 0 atom stereocenters. The molecular formula is FeReRhRu. The van der Waals surface area contributed by atoms with Crippen LogP contribution < -0.4 is 0 Å². The Morgan fingerprint density at radius 1 is 1.00 bits per heavy atom. The van der Waals surface area contributed by atoms with Crippen molar-refractivity contribution in [3.63, 3.8) is 0 Å². The first kappa shape index (κ1) is 32.1. The summed E-state index contributed by atoms with van der Waals surface area (Å²) < 4.78 is 0. The van der Waals surface area contributed by atoms with Gasteiger partial charge in [0.2, 0.25) is 0 Å². The second-order valence-electron chi connectivity index (χ2n) is 0. The molecule has 2 radical (unpaired) electrons. The minimum absolute atomic E-state index is 0. The van der Waals surface area contributed by atoms with E-state index in [1.165, 1.54) is 0 Å². The molecule has 0 aliphatic heterocycles. The Labute approximate surface area is 75.5 Å². The zero-order valence-corrected chi connectivity index (χ0v) is 8.62. The minimum atomic E-state index is 0. The molecule has 4 heteroatoms. The van der Waals surface area contributed by atoms with Gasteiger partial charge >= 0.3 is 0 Å². The van der Waals surface area contributed by atoms with Gasteiger partial charge in [-0.2, -0.15) is 0 Å². The van der Waals surface area contributed by atoms with Crippen LogP contribution in [0.25, 0.3) is 0 Å². The number of rotatable bonds is 0. The van der Waals surface area contributed by atoms with Gasteiger partial charge in [0.1, 0.15) is 0 Å². The largest absolute Gasteiger partial charge is 0 e. The monoisotopic (exact) mass is 448 g/mol. The molecule has 0 nitrogen and oxygen atoms in total. The summed E-state index contributed by atoms with van der Waals surface area (Å²) >= 11 is 0. The maximum Gasteiger partial charge on any atom is 0 e. The molecule has 0 bridgehead atoms. The smallest absolute Gasteiger partial charge is 0 e. The quantitative estimate of drug-likeness (QED) is 0.460. The molecule has 0 spiro atoms. The summed E-state index contributed by atoms with van der Waals surface area (Å²) in [5, 5.41) is 0. The van der Waals surface area contributed by atoms with Gasteiger partial charge in [-0.3, -0.25) is 0 Å². The Bertz CT molecular complexity index is 8.00. The van der Waals surface area contributed by atoms with E-state index in [0.29, 0.717) is 0 Å². The van der Waals surface area contributed by atoms with Gasteiger partial charge in [0.15, 0.2) is 0 Å². The van der Waals surface area contributed by atoms with E-state index in [4.69, 9.17) is 0 Å². The zero-order chi connectivity index (χ0) is 0. The fourth-order valence-electron chi connectivity index (χ4n) is 0. The van der Waals surface area contributed by atoms with Crippen molar-refractivity contribution in [1.82, 2.24) is 0 Å². The van der Waals surface area contributed by atoms with Gasteiger partial charge in [-0.05, 0) is 0 Å². The first-order chi connectivity index (χ1) is 0. The molecule has 0 saturated carbocycles. The van der Waals surface area contributed by atoms with Crippen LogP contribution in [0.5, 0.6) is 0 Å². The zero-order valence-electron chi connectivity index (χ0n) is 1.42. The topological polar surface area (TPSA) is 0 Å². The molecule has 0 aliphatic rings. The van der Waals surface area contributed by atoms with E-state index >= 15 is 0 Å². The first-order valence-electron chi connectivity index (χ1n) is 0. The normalized spacial score (nSPS) is 0. The molecule has 0 aromatic heterocycles. The van der Waals surface area contributed by atoms with Crippen LogP contribution in [0.4, 0.5) is 0 Å². The number of hydrogen-bond acceptors (Lipinski definition) is 0.